The molecule has 7 nitrogen and oxygen atoms in total. The summed E-state index contributed by atoms with van der Waals surface area (Å²) in [5.41, 5.74) is 3.15. The van der Waals surface area contributed by atoms with Crippen molar-refractivity contribution in [2.75, 3.05) is 13.2 Å². The molecule has 0 unspecified atom stereocenters. The van der Waals surface area contributed by atoms with Crippen LogP contribution in [-0.4, -0.2) is 31.1 Å². The summed E-state index contributed by atoms with van der Waals surface area (Å²) in [6, 6.07) is 13.8. The molecular formula is C31H32O7. The molecule has 0 spiro atoms. The minimum absolute atomic E-state index is 0.315. The Kier molecular flexibility index (Phi) is 10.2. The topological polar surface area (TPSA) is 88.1 Å². The molecule has 198 valence electrons. The van der Waals surface area contributed by atoms with Crippen molar-refractivity contribution in [2.45, 2.75) is 40.0 Å². The maximum absolute atomic E-state index is 12.7. The Morgan fingerprint density at radius 1 is 0.816 bits per heavy atom. The predicted molar refractivity (Wildman–Crippen MR) is 143 cm³/mol. The number of carbonyl (C=O) groups is 3. The van der Waals surface area contributed by atoms with Crippen LogP contribution in [0.15, 0.2) is 96.0 Å². The minimum Gasteiger partial charge on any atom is -0.494 e. The van der Waals surface area contributed by atoms with Gasteiger partial charge in [0.1, 0.15) is 17.3 Å². The number of benzene rings is 2. The number of ether oxygens (including phenoxy) is 4. The lowest BCUT2D eigenvalue weighted by Crippen LogP contribution is -2.07. The van der Waals surface area contributed by atoms with Crippen LogP contribution in [0.4, 0.5) is 0 Å². The van der Waals surface area contributed by atoms with Gasteiger partial charge in [0.25, 0.3) is 0 Å². The second-order valence-corrected chi connectivity index (χ2v) is 9.01. The Labute approximate surface area is 223 Å². The van der Waals surface area contributed by atoms with Crippen LogP contribution in [0.3, 0.4) is 0 Å². The molecule has 0 radical (unpaired) electrons. The van der Waals surface area contributed by atoms with Crippen LogP contribution in [0.5, 0.6) is 5.75 Å². The average molecular weight is 517 g/mol. The van der Waals surface area contributed by atoms with Crippen molar-refractivity contribution in [3.05, 3.63) is 113 Å². The fraction of sp³-hybridized carbons (Fsp3) is 0.258. The summed E-state index contributed by atoms with van der Waals surface area (Å²) in [6.45, 7) is 9.73. The average Bonchev–Trinajstić information content (AvgIpc) is 3.06. The van der Waals surface area contributed by atoms with Crippen molar-refractivity contribution in [2.24, 2.45) is 0 Å². The van der Waals surface area contributed by atoms with Gasteiger partial charge in [-0.2, -0.15) is 0 Å². The van der Waals surface area contributed by atoms with E-state index in [1.165, 1.54) is 0 Å². The molecule has 1 aliphatic rings. The van der Waals surface area contributed by atoms with Gasteiger partial charge in [0.2, 0.25) is 0 Å². The summed E-state index contributed by atoms with van der Waals surface area (Å²) in [6.07, 6.45) is 6.79. The van der Waals surface area contributed by atoms with Crippen LogP contribution >= 0.6 is 0 Å². The van der Waals surface area contributed by atoms with Crippen LogP contribution in [0.1, 0.15) is 59.4 Å². The van der Waals surface area contributed by atoms with E-state index in [1.54, 1.807) is 61.5 Å². The number of hydrogen-bond acceptors (Lipinski definition) is 7. The molecule has 0 bridgehead atoms. The zero-order valence-corrected chi connectivity index (χ0v) is 22.0. The van der Waals surface area contributed by atoms with Crippen molar-refractivity contribution in [3.63, 3.8) is 0 Å². The first kappa shape index (κ1) is 28.2. The molecule has 0 aromatic heterocycles. The smallest absolute Gasteiger partial charge is 0.343 e. The quantitative estimate of drug-likeness (QED) is 0.148. The molecule has 2 aromatic rings. The molecule has 0 N–H and O–H groups in total. The van der Waals surface area contributed by atoms with Crippen molar-refractivity contribution in [1.82, 2.24) is 0 Å². The fourth-order valence-corrected chi connectivity index (χ4v) is 3.39. The van der Waals surface area contributed by atoms with Crippen LogP contribution in [0.25, 0.3) is 0 Å². The lowest BCUT2D eigenvalue weighted by Gasteiger charge is -2.09. The Morgan fingerprint density at radius 2 is 1.42 bits per heavy atom. The molecule has 1 aliphatic carbocycles. The van der Waals surface area contributed by atoms with Crippen molar-refractivity contribution in [3.8, 4) is 5.75 Å². The van der Waals surface area contributed by atoms with Gasteiger partial charge in [-0.15, -0.1) is 0 Å². The highest BCUT2D eigenvalue weighted by atomic mass is 16.5. The summed E-state index contributed by atoms with van der Waals surface area (Å²) in [7, 11) is 0. The van der Waals surface area contributed by atoms with Gasteiger partial charge in [0.05, 0.1) is 24.3 Å². The third-order valence-electron chi connectivity index (χ3n) is 5.48. The van der Waals surface area contributed by atoms with E-state index in [1.807, 2.05) is 26.0 Å². The normalized spacial score (nSPS) is 12.8. The monoisotopic (exact) mass is 516 g/mol. The number of allylic oxidation sites excluding steroid dienone is 4. The third-order valence-corrected chi connectivity index (χ3v) is 5.48. The van der Waals surface area contributed by atoms with Crippen molar-refractivity contribution < 1.29 is 33.3 Å². The van der Waals surface area contributed by atoms with E-state index in [4.69, 9.17) is 18.9 Å². The lowest BCUT2D eigenvalue weighted by molar-refractivity contribution is -0.139. The Bertz CT molecular complexity index is 1260. The first-order valence-corrected chi connectivity index (χ1v) is 12.4. The van der Waals surface area contributed by atoms with E-state index in [9.17, 15) is 14.4 Å². The first-order valence-electron chi connectivity index (χ1n) is 12.4. The highest BCUT2D eigenvalue weighted by molar-refractivity contribution is 5.91. The molecule has 7 heteroatoms. The van der Waals surface area contributed by atoms with E-state index in [0.717, 1.165) is 11.1 Å². The molecule has 2 aromatic carbocycles. The highest BCUT2D eigenvalue weighted by Gasteiger charge is 2.15. The van der Waals surface area contributed by atoms with Gasteiger partial charge in [-0.1, -0.05) is 29.8 Å². The van der Waals surface area contributed by atoms with E-state index >= 15 is 0 Å². The van der Waals surface area contributed by atoms with E-state index in [-0.39, 0.29) is 0 Å². The Balaban J connectivity index is 1.49. The molecule has 0 saturated heterocycles. The minimum atomic E-state index is -0.514. The standard InChI is InChI=1S/C31H32O7/c1-21(2)29(32)36-18-6-5-17-35-26-13-11-25(12-14-26)31(34)38-28-16-15-27(19-23(4)20-28)37-30(33)24-9-7-22(3)8-10-24/h7-16,20H,1,5-6,17-19H2,2-4H3. The Hall–Kier alpha value is -4.39. The van der Waals surface area contributed by atoms with Crippen LogP contribution in [-0.2, 0) is 19.0 Å². The maximum Gasteiger partial charge on any atom is 0.343 e. The lowest BCUT2D eigenvalue weighted by atomic mass is 10.1. The largest absolute Gasteiger partial charge is 0.494 e. The molecule has 3 rings (SSSR count). The van der Waals surface area contributed by atoms with E-state index in [0.29, 0.717) is 66.4 Å². The molecule has 38 heavy (non-hydrogen) atoms. The predicted octanol–water partition coefficient (Wildman–Crippen LogP) is 6.40. The van der Waals surface area contributed by atoms with E-state index in [2.05, 4.69) is 6.58 Å². The van der Waals surface area contributed by atoms with Crippen LogP contribution in [0.2, 0.25) is 0 Å². The fourth-order valence-electron chi connectivity index (χ4n) is 3.39. The Morgan fingerprint density at radius 3 is 2.08 bits per heavy atom. The molecule has 0 amide bonds. The zero-order valence-electron chi connectivity index (χ0n) is 22.0. The summed E-state index contributed by atoms with van der Waals surface area (Å²) in [5.74, 6) is 0.0862. The summed E-state index contributed by atoms with van der Waals surface area (Å²) < 4.78 is 21.8. The molecule has 0 atom stereocenters. The second kappa shape index (κ2) is 13.8. The van der Waals surface area contributed by atoms with Crippen molar-refractivity contribution in [1.29, 1.82) is 0 Å². The summed E-state index contributed by atoms with van der Waals surface area (Å²) in [5, 5.41) is 0. The molecule has 0 fully saturated rings. The number of unbranched alkanes of at least 4 members (excludes halogenated alkanes) is 1. The zero-order chi connectivity index (χ0) is 27.5. The van der Waals surface area contributed by atoms with Crippen molar-refractivity contribution >= 4 is 17.9 Å². The second-order valence-electron chi connectivity index (χ2n) is 9.01. The van der Waals surface area contributed by atoms with Gasteiger partial charge in [0.15, 0.2) is 0 Å². The van der Waals surface area contributed by atoms with Gasteiger partial charge >= 0.3 is 17.9 Å². The van der Waals surface area contributed by atoms with Gasteiger partial charge in [-0.3, -0.25) is 0 Å². The molecule has 0 saturated carbocycles. The first-order chi connectivity index (χ1) is 18.2. The number of carbonyl (C=O) groups excluding carboxylic acids is 3. The summed E-state index contributed by atoms with van der Waals surface area (Å²) >= 11 is 0. The van der Waals surface area contributed by atoms with Gasteiger partial charge < -0.3 is 18.9 Å². The van der Waals surface area contributed by atoms with E-state index < -0.39 is 17.9 Å². The van der Waals surface area contributed by atoms with Gasteiger partial charge in [-0.25, -0.2) is 14.4 Å². The van der Waals surface area contributed by atoms with Gasteiger partial charge in [-0.05, 0) is 88.2 Å². The number of hydrogen-bond donors (Lipinski definition) is 0. The third kappa shape index (κ3) is 8.92. The molecule has 0 aliphatic heterocycles. The molecular weight excluding hydrogens is 484 g/mol. The number of aryl methyl sites for hydroxylation is 1. The SMILES string of the molecule is C=C(C)C(=O)OCCCCOc1ccc(C(=O)OC2=CC=C(OC(=O)c3ccc(C)cc3)CC(C)=C2)cc1. The summed E-state index contributed by atoms with van der Waals surface area (Å²) in [4.78, 5) is 36.5. The number of rotatable bonds is 11. The van der Waals surface area contributed by atoms with Crippen LogP contribution < -0.4 is 4.74 Å². The van der Waals surface area contributed by atoms with Crippen LogP contribution in [0, 0.1) is 6.92 Å². The van der Waals surface area contributed by atoms with Gasteiger partial charge in [0, 0.05) is 12.0 Å². The maximum atomic E-state index is 12.7. The molecule has 0 heterocycles. The highest BCUT2D eigenvalue weighted by Crippen LogP contribution is 2.22. The number of esters is 3.